The van der Waals surface area contributed by atoms with Crippen molar-refractivity contribution >= 4 is 11.8 Å². The van der Waals surface area contributed by atoms with Crippen molar-refractivity contribution < 1.29 is 14.7 Å². The van der Waals surface area contributed by atoms with Gasteiger partial charge in [-0.15, -0.1) is 0 Å². The minimum atomic E-state index is -0.555. The number of rotatable bonds is 11. The van der Waals surface area contributed by atoms with Gasteiger partial charge in [-0.2, -0.15) is 0 Å². The van der Waals surface area contributed by atoms with Crippen LogP contribution in [0.4, 0.5) is 0 Å². The Morgan fingerprint density at radius 1 is 1.31 bits per heavy atom. The molecule has 2 N–H and O–H groups in total. The maximum Gasteiger partial charge on any atom is 0.223 e. The molecule has 0 bridgehead atoms. The molecule has 1 saturated heterocycles. The van der Waals surface area contributed by atoms with E-state index in [2.05, 4.69) is 5.32 Å². The van der Waals surface area contributed by atoms with Gasteiger partial charge < -0.3 is 15.3 Å². The number of carbonyl (C=O) groups is 2. The molecule has 1 fully saturated rings. The lowest BCUT2D eigenvalue weighted by Gasteiger charge is -2.33. The number of aliphatic hydroxyl groups excluding tert-OH is 1. The van der Waals surface area contributed by atoms with Crippen LogP contribution in [-0.4, -0.2) is 47.1 Å². The predicted molar refractivity (Wildman–Crippen MR) is 116 cm³/mol. The van der Waals surface area contributed by atoms with Gasteiger partial charge in [-0.1, -0.05) is 54.6 Å². The first-order chi connectivity index (χ1) is 14.1. The van der Waals surface area contributed by atoms with Crippen molar-refractivity contribution in [2.75, 3.05) is 13.1 Å². The summed E-state index contributed by atoms with van der Waals surface area (Å²) < 4.78 is 0. The Morgan fingerprint density at radius 3 is 2.86 bits per heavy atom. The van der Waals surface area contributed by atoms with E-state index in [0.717, 1.165) is 31.2 Å². The average molecular weight is 399 g/mol. The number of likely N-dealkylation sites (tertiary alicyclic amines) is 1. The predicted octanol–water partition coefficient (Wildman–Crippen LogP) is 3.39. The summed E-state index contributed by atoms with van der Waals surface area (Å²) in [6, 6.07) is 9.94. The third-order valence-corrected chi connectivity index (χ3v) is 5.07. The summed E-state index contributed by atoms with van der Waals surface area (Å²) in [7, 11) is 0. The lowest BCUT2D eigenvalue weighted by Crippen LogP contribution is -2.42. The number of nitrogens with one attached hydrogen (secondary N) is 1. The number of piperidine rings is 1. The zero-order chi connectivity index (χ0) is 20.9. The molecule has 1 aliphatic rings. The highest BCUT2D eigenvalue weighted by atomic mass is 16.3. The summed E-state index contributed by atoms with van der Waals surface area (Å²) >= 11 is 0. The van der Waals surface area contributed by atoms with Crippen LogP contribution in [0.2, 0.25) is 0 Å². The fourth-order valence-electron chi connectivity index (χ4n) is 3.54. The molecule has 1 unspecified atom stereocenters. The third-order valence-electron chi connectivity index (χ3n) is 5.07. The van der Waals surface area contributed by atoms with E-state index in [1.807, 2.05) is 66.5 Å². The Labute approximate surface area is 174 Å². The molecule has 1 aliphatic heterocycles. The third kappa shape index (κ3) is 8.65. The Bertz CT molecular complexity index is 685. The second-order valence-corrected chi connectivity index (χ2v) is 7.46. The summed E-state index contributed by atoms with van der Waals surface area (Å²) in [6.45, 7) is 3.16. The van der Waals surface area contributed by atoms with E-state index < -0.39 is 6.10 Å². The molecule has 1 aromatic rings. The first-order valence-corrected chi connectivity index (χ1v) is 10.7. The lowest BCUT2D eigenvalue weighted by atomic mass is 9.99. The van der Waals surface area contributed by atoms with Gasteiger partial charge in [0.05, 0.1) is 12.1 Å². The van der Waals surface area contributed by atoms with Gasteiger partial charge in [-0.05, 0) is 38.2 Å². The molecule has 158 valence electrons. The highest BCUT2D eigenvalue weighted by Crippen LogP contribution is 2.20. The molecule has 0 saturated carbocycles. The molecule has 0 spiro atoms. The van der Waals surface area contributed by atoms with E-state index in [-0.39, 0.29) is 17.9 Å². The molecule has 0 aromatic heterocycles. The van der Waals surface area contributed by atoms with Crippen molar-refractivity contribution in [2.45, 2.75) is 64.0 Å². The summed E-state index contributed by atoms with van der Waals surface area (Å²) in [4.78, 5) is 25.7. The Hall–Kier alpha value is -2.40. The summed E-state index contributed by atoms with van der Waals surface area (Å²) in [5.41, 5.74) is 1.09. The maximum absolute atomic E-state index is 12.4. The first kappa shape index (κ1) is 22.9. The summed E-state index contributed by atoms with van der Waals surface area (Å²) in [6.07, 6.45) is 12.4. The van der Waals surface area contributed by atoms with E-state index in [4.69, 9.17) is 0 Å². The van der Waals surface area contributed by atoms with Crippen molar-refractivity contribution in [3.05, 3.63) is 60.2 Å². The highest BCUT2D eigenvalue weighted by Gasteiger charge is 2.25. The number of unbranched alkanes of at least 4 members (excludes halogenated alkanes) is 1. The van der Waals surface area contributed by atoms with Gasteiger partial charge in [-0.3, -0.25) is 9.59 Å². The van der Waals surface area contributed by atoms with Crippen LogP contribution < -0.4 is 5.32 Å². The fraction of sp³-hybridized carbons (Fsp3) is 0.500. The Kier molecular flexibility index (Phi) is 10.2. The molecule has 2 rings (SSSR count). The minimum absolute atomic E-state index is 0.0293. The van der Waals surface area contributed by atoms with Crippen LogP contribution in [-0.2, 0) is 16.0 Å². The Balaban J connectivity index is 1.80. The first-order valence-electron chi connectivity index (χ1n) is 10.7. The number of benzene rings is 1. The number of carbonyl (C=O) groups excluding carboxylic acids is 2. The number of aliphatic hydroxyl groups is 1. The van der Waals surface area contributed by atoms with Gasteiger partial charge in [0.2, 0.25) is 11.8 Å². The second kappa shape index (κ2) is 12.9. The van der Waals surface area contributed by atoms with Gasteiger partial charge in [0.15, 0.2) is 0 Å². The van der Waals surface area contributed by atoms with Crippen molar-refractivity contribution in [1.29, 1.82) is 0 Å². The number of amides is 2. The molecule has 1 heterocycles. The molecule has 1 aromatic carbocycles. The van der Waals surface area contributed by atoms with Gasteiger partial charge in [0.25, 0.3) is 0 Å². The van der Waals surface area contributed by atoms with Crippen LogP contribution in [0, 0.1) is 0 Å². The highest BCUT2D eigenvalue weighted by molar-refractivity contribution is 5.77. The van der Waals surface area contributed by atoms with Crippen LogP contribution in [0.1, 0.15) is 51.0 Å². The van der Waals surface area contributed by atoms with Gasteiger partial charge >= 0.3 is 0 Å². The largest absolute Gasteiger partial charge is 0.389 e. The SMILES string of the molecule is CCNC(=O)CCCC=CCN1C(=O)CCC[C@@H]1C=CC(O)Cc1ccccc1. The van der Waals surface area contributed by atoms with Crippen LogP contribution in [0.3, 0.4) is 0 Å². The lowest BCUT2D eigenvalue weighted by molar-refractivity contribution is -0.134. The molecule has 0 aliphatic carbocycles. The molecular weight excluding hydrogens is 364 g/mol. The molecule has 5 nitrogen and oxygen atoms in total. The number of hydrogen-bond donors (Lipinski definition) is 2. The van der Waals surface area contributed by atoms with E-state index in [1.54, 1.807) is 0 Å². The van der Waals surface area contributed by atoms with Crippen LogP contribution >= 0.6 is 0 Å². The van der Waals surface area contributed by atoms with Crippen LogP contribution in [0.5, 0.6) is 0 Å². The van der Waals surface area contributed by atoms with Crippen molar-refractivity contribution in [1.82, 2.24) is 10.2 Å². The second-order valence-electron chi connectivity index (χ2n) is 7.46. The van der Waals surface area contributed by atoms with Crippen molar-refractivity contribution in [3.63, 3.8) is 0 Å². The monoisotopic (exact) mass is 398 g/mol. The smallest absolute Gasteiger partial charge is 0.223 e. The molecular formula is C24H34N2O3. The number of allylic oxidation sites excluding steroid dienone is 1. The molecule has 2 amide bonds. The van der Waals surface area contributed by atoms with E-state index in [1.165, 1.54) is 0 Å². The molecule has 29 heavy (non-hydrogen) atoms. The Morgan fingerprint density at radius 2 is 2.10 bits per heavy atom. The maximum atomic E-state index is 12.4. The van der Waals surface area contributed by atoms with E-state index in [0.29, 0.717) is 32.4 Å². The van der Waals surface area contributed by atoms with Crippen molar-refractivity contribution in [3.8, 4) is 0 Å². The van der Waals surface area contributed by atoms with Gasteiger partial charge in [0, 0.05) is 32.4 Å². The fourth-order valence-corrected chi connectivity index (χ4v) is 3.54. The summed E-state index contributed by atoms with van der Waals surface area (Å²) in [5, 5.41) is 13.1. The normalized spacial score (nSPS) is 18.5. The van der Waals surface area contributed by atoms with E-state index in [9.17, 15) is 14.7 Å². The number of nitrogens with zero attached hydrogens (tertiary/aromatic N) is 1. The molecule has 5 heteroatoms. The van der Waals surface area contributed by atoms with E-state index >= 15 is 0 Å². The standard InChI is InChI=1S/C24H34N2O3/c1-2-25-23(28)14-8-3-4-9-18-26-21(13-10-15-24(26)29)16-17-22(27)19-20-11-6-5-7-12-20/h4-7,9,11-12,16-17,21-22,27H,2-3,8,10,13-15,18-19H2,1H3,(H,25,28)/t21-,22?/m1/s1. The zero-order valence-corrected chi connectivity index (χ0v) is 17.4. The molecule has 2 atom stereocenters. The zero-order valence-electron chi connectivity index (χ0n) is 17.4. The van der Waals surface area contributed by atoms with Crippen LogP contribution in [0.15, 0.2) is 54.6 Å². The quantitative estimate of drug-likeness (QED) is 0.443. The number of hydrogen-bond acceptors (Lipinski definition) is 3. The molecule has 0 radical (unpaired) electrons. The topological polar surface area (TPSA) is 69.6 Å². The van der Waals surface area contributed by atoms with Crippen molar-refractivity contribution in [2.24, 2.45) is 0 Å². The summed E-state index contributed by atoms with van der Waals surface area (Å²) in [5.74, 6) is 0.252. The van der Waals surface area contributed by atoms with Crippen LogP contribution in [0.25, 0.3) is 0 Å². The average Bonchev–Trinajstić information content (AvgIpc) is 2.71. The van der Waals surface area contributed by atoms with Gasteiger partial charge in [0.1, 0.15) is 0 Å². The van der Waals surface area contributed by atoms with Gasteiger partial charge in [-0.25, -0.2) is 0 Å². The minimum Gasteiger partial charge on any atom is -0.389 e.